The summed E-state index contributed by atoms with van der Waals surface area (Å²) in [6.45, 7) is 0. The van der Waals surface area contributed by atoms with Crippen molar-refractivity contribution in [3.8, 4) is 0 Å². The third-order valence-corrected chi connectivity index (χ3v) is 3.81. The monoisotopic (exact) mass is 344 g/mol. The summed E-state index contributed by atoms with van der Waals surface area (Å²) in [5, 5.41) is 17.6. The summed E-state index contributed by atoms with van der Waals surface area (Å²) in [4.78, 5) is 11.8. The molecule has 0 spiro atoms. The molecule has 1 N–H and O–H groups in total. The van der Waals surface area contributed by atoms with Crippen LogP contribution in [0.4, 0.5) is 0 Å². The Balaban J connectivity index is 2.27. The highest BCUT2D eigenvalue weighted by atomic mass is 79.9. The third kappa shape index (κ3) is 3.22. The van der Waals surface area contributed by atoms with Crippen molar-refractivity contribution in [1.82, 2.24) is 10.2 Å². The molecule has 7 heteroatoms. The second-order valence-corrected chi connectivity index (χ2v) is 5.58. The van der Waals surface area contributed by atoms with E-state index in [1.165, 1.54) is 11.8 Å². The maximum Gasteiger partial charge on any atom is 0.336 e. The zero-order valence-corrected chi connectivity index (χ0v) is 12.0. The van der Waals surface area contributed by atoms with Gasteiger partial charge in [0.05, 0.1) is 5.56 Å². The van der Waals surface area contributed by atoms with E-state index in [0.29, 0.717) is 14.7 Å². The van der Waals surface area contributed by atoms with Crippen LogP contribution in [0.3, 0.4) is 0 Å². The number of carbonyl (C=O) groups is 1. The molecule has 0 radical (unpaired) electrons. The Hall–Kier alpha value is -1.11. The molecule has 0 fully saturated rings. The molecule has 92 valence electrons. The average Bonchev–Trinajstić information content (AvgIpc) is 2.34. The summed E-state index contributed by atoms with van der Waals surface area (Å²) < 4.78 is 0.543. The number of hydrogen-bond donors (Lipinski definition) is 1. The first kappa shape index (κ1) is 13.3. The zero-order valence-electron chi connectivity index (χ0n) is 8.80. The van der Waals surface area contributed by atoms with Crippen LogP contribution in [-0.2, 0) is 0 Å². The van der Waals surface area contributed by atoms with E-state index in [1.54, 1.807) is 30.3 Å². The second kappa shape index (κ2) is 5.69. The van der Waals surface area contributed by atoms with Gasteiger partial charge < -0.3 is 5.11 Å². The predicted molar refractivity (Wildman–Crippen MR) is 72.3 cm³/mol. The van der Waals surface area contributed by atoms with Crippen LogP contribution in [0.2, 0.25) is 5.15 Å². The first-order valence-electron chi connectivity index (χ1n) is 4.76. The number of halogens is 2. The molecule has 1 heterocycles. The number of rotatable bonds is 3. The Morgan fingerprint density at radius 3 is 2.67 bits per heavy atom. The molecule has 0 saturated carbocycles. The minimum Gasteiger partial charge on any atom is -0.478 e. The van der Waals surface area contributed by atoms with Crippen molar-refractivity contribution in [3.05, 3.63) is 45.5 Å². The maximum absolute atomic E-state index is 11.0. The fourth-order valence-electron chi connectivity index (χ4n) is 1.21. The van der Waals surface area contributed by atoms with Gasteiger partial charge >= 0.3 is 5.97 Å². The topological polar surface area (TPSA) is 63.1 Å². The Bertz CT molecular complexity index is 592. The lowest BCUT2D eigenvalue weighted by Crippen LogP contribution is -1.97. The zero-order chi connectivity index (χ0) is 13.1. The highest BCUT2D eigenvalue weighted by molar-refractivity contribution is 9.10. The predicted octanol–water partition coefficient (Wildman–Crippen LogP) is 3.74. The second-order valence-electron chi connectivity index (χ2n) is 3.24. The molecule has 0 aliphatic rings. The van der Waals surface area contributed by atoms with Crippen molar-refractivity contribution in [2.24, 2.45) is 0 Å². The van der Waals surface area contributed by atoms with Gasteiger partial charge in [0.15, 0.2) is 5.15 Å². The van der Waals surface area contributed by atoms with E-state index < -0.39 is 5.97 Å². The molecule has 4 nitrogen and oxygen atoms in total. The van der Waals surface area contributed by atoms with Gasteiger partial charge in [0, 0.05) is 9.37 Å². The lowest BCUT2D eigenvalue weighted by molar-refractivity contribution is 0.0695. The number of benzene rings is 1. The molecule has 0 amide bonds. The smallest absolute Gasteiger partial charge is 0.336 e. The highest BCUT2D eigenvalue weighted by Crippen LogP contribution is 2.29. The van der Waals surface area contributed by atoms with Gasteiger partial charge in [-0.3, -0.25) is 0 Å². The van der Waals surface area contributed by atoms with Gasteiger partial charge in [-0.15, -0.1) is 10.2 Å². The highest BCUT2D eigenvalue weighted by Gasteiger charge is 2.10. The van der Waals surface area contributed by atoms with Crippen molar-refractivity contribution in [3.63, 3.8) is 0 Å². The van der Waals surface area contributed by atoms with Crippen molar-refractivity contribution in [1.29, 1.82) is 0 Å². The van der Waals surface area contributed by atoms with Gasteiger partial charge in [0.1, 0.15) is 5.03 Å². The van der Waals surface area contributed by atoms with E-state index >= 15 is 0 Å². The summed E-state index contributed by atoms with van der Waals surface area (Å²) in [7, 11) is 0. The molecule has 0 aliphatic heterocycles. The fourth-order valence-corrected chi connectivity index (χ4v) is 2.50. The van der Waals surface area contributed by atoms with E-state index in [4.69, 9.17) is 16.7 Å². The van der Waals surface area contributed by atoms with Gasteiger partial charge in [0.25, 0.3) is 0 Å². The minimum absolute atomic E-state index is 0.210. The average molecular weight is 346 g/mol. The third-order valence-electron chi connectivity index (χ3n) is 2.00. The normalized spacial score (nSPS) is 10.3. The van der Waals surface area contributed by atoms with E-state index in [0.717, 1.165) is 4.90 Å². The van der Waals surface area contributed by atoms with Crippen LogP contribution < -0.4 is 0 Å². The number of carboxylic acids is 1. The first-order valence-corrected chi connectivity index (χ1v) is 6.75. The number of aromatic carboxylic acids is 1. The van der Waals surface area contributed by atoms with Gasteiger partial charge in [-0.05, 0) is 46.3 Å². The molecule has 18 heavy (non-hydrogen) atoms. The number of aromatic nitrogens is 2. The summed E-state index contributed by atoms with van der Waals surface area (Å²) in [5.74, 6) is -0.980. The molecule has 0 unspecified atom stereocenters. The molecule has 0 aliphatic carbocycles. The van der Waals surface area contributed by atoms with Crippen molar-refractivity contribution in [2.45, 2.75) is 9.92 Å². The molecule has 1 aromatic carbocycles. The van der Waals surface area contributed by atoms with Crippen molar-refractivity contribution in [2.75, 3.05) is 0 Å². The van der Waals surface area contributed by atoms with Crippen molar-refractivity contribution < 1.29 is 9.90 Å². The van der Waals surface area contributed by atoms with Crippen LogP contribution in [-0.4, -0.2) is 21.3 Å². The standard InChI is InChI=1S/C11H6BrClN2O2S/c12-8-2-1-6(5-7(8)11(16)17)18-10-4-3-9(13)14-15-10/h1-5H,(H,16,17). The minimum atomic E-state index is -0.980. The quantitative estimate of drug-likeness (QED) is 0.918. The van der Waals surface area contributed by atoms with Gasteiger partial charge in [-0.25, -0.2) is 4.79 Å². The Labute approximate surface area is 121 Å². The van der Waals surface area contributed by atoms with E-state index in [2.05, 4.69) is 26.1 Å². The first-order chi connectivity index (χ1) is 8.56. The number of carboxylic acid groups (broad SMARTS) is 1. The van der Waals surface area contributed by atoms with E-state index in [9.17, 15) is 4.79 Å². The summed E-state index contributed by atoms with van der Waals surface area (Å²) in [5.41, 5.74) is 0.210. The Morgan fingerprint density at radius 1 is 1.28 bits per heavy atom. The van der Waals surface area contributed by atoms with Crippen LogP contribution in [0.25, 0.3) is 0 Å². The number of hydrogen-bond acceptors (Lipinski definition) is 4. The molecule has 0 atom stereocenters. The molecular weight excluding hydrogens is 340 g/mol. The van der Waals surface area contributed by atoms with Gasteiger partial charge in [-0.1, -0.05) is 23.4 Å². The van der Waals surface area contributed by atoms with Crippen LogP contribution >= 0.6 is 39.3 Å². The van der Waals surface area contributed by atoms with E-state index in [-0.39, 0.29) is 5.56 Å². The Morgan fingerprint density at radius 2 is 2.06 bits per heavy atom. The molecule has 2 aromatic rings. The molecular formula is C11H6BrClN2O2S. The van der Waals surface area contributed by atoms with Crippen molar-refractivity contribution >= 4 is 45.3 Å². The molecule has 2 rings (SSSR count). The lowest BCUT2D eigenvalue weighted by Gasteiger charge is -2.03. The summed E-state index contributed by atoms with van der Waals surface area (Å²) in [6.07, 6.45) is 0. The van der Waals surface area contributed by atoms with Crippen LogP contribution in [0, 0.1) is 0 Å². The molecule has 0 saturated heterocycles. The van der Waals surface area contributed by atoms with E-state index in [1.807, 2.05) is 0 Å². The van der Waals surface area contributed by atoms with Crippen LogP contribution in [0.5, 0.6) is 0 Å². The summed E-state index contributed by atoms with van der Waals surface area (Å²) in [6, 6.07) is 8.43. The maximum atomic E-state index is 11.0. The Kier molecular flexibility index (Phi) is 4.21. The summed E-state index contributed by atoms with van der Waals surface area (Å²) >= 11 is 10.1. The molecule has 0 bridgehead atoms. The van der Waals surface area contributed by atoms with Gasteiger partial charge in [0.2, 0.25) is 0 Å². The lowest BCUT2D eigenvalue weighted by atomic mass is 10.2. The largest absolute Gasteiger partial charge is 0.478 e. The fraction of sp³-hybridized carbons (Fsp3) is 0. The molecule has 1 aromatic heterocycles. The SMILES string of the molecule is O=C(O)c1cc(Sc2ccc(Cl)nn2)ccc1Br. The number of nitrogens with zero attached hydrogens (tertiary/aromatic N) is 2. The van der Waals surface area contributed by atoms with Crippen LogP contribution in [0.15, 0.2) is 44.7 Å². The van der Waals surface area contributed by atoms with Gasteiger partial charge in [-0.2, -0.15) is 0 Å². The van der Waals surface area contributed by atoms with Crippen LogP contribution in [0.1, 0.15) is 10.4 Å².